The molecule has 1 aliphatic carbocycles. The number of rotatable bonds is 1. The maximum atomic E-state index is 13.0. The van der Waals surface area contributed by atoms with Crippen LogP contribution in [0.3, 0.4) is 0 Å². The highest BCUT2D eigenvalue weighted by atomic mass is 19.4. The van der Waals surface area contributed by atoms with E-state index in [1.165, 1.54) is 0 Å². The second-order valence-electron chi connectivity index (χ2n) is 5.10. The van der Waals surface area contributed by atoms with Gasteiger partial charge in [-0.2, -0.15) is 13.2 Å². The topological polar surface area (TPSA) is 37.8 Å². The first-order valence-corrected chi connectivity index (χ1v) is 6.14. The SMILES string of the molecule is CC1CC1c1nc2c(c(C(F)(F)F)n1)CNCC2. The van der Waals surface area contributed by atoms with Gasteiger partial charge in [0.15, 0.2) is 5.69 Å². The molecule has 2 heterocycles. The second kappa shape index (κ2) is 3.91. The fourth-order valence-electron chi connectivity index (χ4n) is 2.44. The second-order valence-corrected chi connectivity index (χ2v) is 5.10. The van der Waals surface area contributed by atoms with Gasteiger partial charge in [-0.05, 0) is 12.3 Å². The molecule has 0 bridgehead atoms. The van der Waals surface area contributed by atoms with Crippen LogP contribution in [0, 0.1) is 5.92 Å². The van der Waals surface area contributed by atoms with E-state index >= 15 is 0 Å². The summed E-state index contributed by atoms with van der Waals surface area (Å²) in [6, 6.07) is 0. The number of alkyl halides is 3. The van der Waals surface area contributed by atoms with Gasteiger partial charge in [0.1, 0.15) is 5.82 Å². The number of nitrogens with zero attached hydrogens (tertiary/aromatic N) is 2. The van der Waals surface area contributed by atoms with Crippen molar-refractivity contribution < 1.29 is 13.2 Å². The Morgan fingerprint density at radius 2 is 2.00 bits per heavy atom. The van der Waals surface area contributed by atoms with E-state index in [0.717, 1.165) is 6.42 Å². The van der Waals surface area contributed by atoms with Gasteiger partial charge in [-0.3, -0.25) is 0 Å². The molecule has 6 heteroatoms. The molecule has 3 nitrogen and oxygen atoms in total. The number of fused-ring (bicyclic) bond motifs is 1. The van der Waals surface area contributed by atoms with Gasteiger partial charge in [0.2, 0.25) is 0 Å². The summed E-state index contributed by atoms with van der Waals surface area (Å²) in [6.45, 7) is 2.91. The molecule has 0 spiro atoms. The monoisotopic (exact) mass is 257 g/mol. The van der Waals surface area contributed by atoms with E-state index in [9.17, 15) is 13.2 Å². The summed E-state index contributed by atoms with van der Waals surface area (Å²) in [5.41, 5.74) is 0.0600. The number of halogens is 3. The predicted octanol–water partition coefficient (Wildman–Crippen LogP) is 2.26. The molecular formula is C12H14F3N3. The van der Waals surface area contributed by atoms with Gasteiger partial charge >= 0.3 is 6.18 Å². The Labute approximate surface area is 103 Å². The van der Waals surface area contributed by atoms with Crippen LogP contribution in [-0.2, 0) is 19.1 Å². The quantitative estimate of drug-likeness (QED) is 0.838. The van der Waals surface area contributed by atoms with Gasteiger partial charge in [-0.1, -0.05) is 6.92 Å². The summed E-state index contributed by atoms with van der Waals surface area (Å²) in [5, 5.41) is 2.95. The maximum Gasteiger partial charge on any atom is 0.433 e. The summed E-state index contributed by atoms with van der Waals surface area (Å²) >= 11 is 0. The predicted molar refractivity (Wildman–Crippen MR) is 59.0 cm³/mol. The van der Waals surface area contributed by atoms with Gasteiger partial charge in [0.05, 0.1) is 5.69 Å². The van der Waals surface area contributed by atoms with E-state index in [1.54, 1.807) is 0 Å². The fourth-order valence-corrected chi connectivity index (χ4v) is 2.44. The van der Waals surface area contributed by atoms with E-state index in [4.69, 9.17) is 0 Å². The molecule has 2 atom stereocenters. The van der Waals surface area contributed by atoms with E-state index in [-0.39, 0.29) is 18.0 Å². The molecule has 0 saturated heterocycles. The molecule has 1 fully saturated rings. The van der Waals surface area contributed by atoms with Gasteiger partial charge in [0, 0.05) is 31.0 Å². The van der Waals surface area contributed by atoms with Crippen LogP contribution in [0.1, 0.15) is 42.0 Å². The van der Waals surface area contributed by atoms with E-state index in [1.807, 2.05) is 6.92 Å². The van der Waals surface area contributed by atoms with Gasteiger partial charge in [0.25, 0.3) is 0 Å². The van der Waals surface area contributed by atoms with Crippen molar-refractivity contribution in [1.82, 2.24) is 15.3 Å². The van der Waals surface area contributed by atoms with Crippen LogP contribution >= 0.6 is 0 Å². The fraction of sp³-hybridized carbons (Fsp3) is 0.667. The van der Waals surface area contributed by atoms with E-state index < -0.39 is 11.9 Å². The van der Waals surface area contributed by atoms with Crippen LogP contribution in [0.2, 0.25) is 0 Å². The van der Waals surface area contributed by atoms with Gasteiger partial charge in [-0.25, -0.2) is 9.97 Å². The first-order valence-electron chi connectivity index (χ1n) is 6.14. The van der Waals surface area contributed by atoms with Crippen LogP contribution in [0.4, 0.5) is 13.2 Å². The van der Waals surface area contributed by atoms with E-state index in [0.29, 0.717) is 30.4 Å². The van der Waals surface area contributed by atoms with Crippen molar-refractivity contribution >= 4 is 0 Å². The minimum atomic E-state index is -4.39. The Morgan fingerprint density at radius 1 is 1.28 bits per heavy atom. The zero-order chi connectivity index (χ0) is 12.9. The normalized spacial score (nSPS) is 26.9. The molecule has 0 aromatic carbocycles. The molecule has 1 aromatic heterocycles. The number of nitrogens with one attached hydrogen (secondary N) is 1. The molecule has 0 amide bonds. The van der Waals surface area contributed by atoms with Crippen molar-refractivity contribution in [3.63, 3.8) is 0 Å². The molecule has 2 aliphatic rings. The lowest BCUT2D eigenvalue weighted by molar-refractivity contribution is -0.142. The average molecular weight is 257 g/mol. The number of hydrogen-bond acceptors (Lipinski definition) is 3. The zero-order valence-corrected chi connectivity index (χ0v) is 10.0. The molecule has 1 N–H and O–H groups in total. The number of hydrogen-bond donors (Lipinski definition) is 1. The summed E-state index contributed by atoms with van der Waals surface area (Å²) in [5.74, 6) is 0.910. The minimum absolute atomic E-state index is 0.117. The number of aromatic nitrogens is 2. The van der Waals surface area contributed by atoms with Crippen molar-refractivity contribution in [1.29, 1.82) is 0 Å². The lowest BCUT2D eigenvalue weighted by Gasteiger charge is -2.21. The highest BCUT2D eigenvalue weighted by Crippen LogP contribution is 2.46. The molecule has 1 aliphatic heterocycles. The Bertz CT molecular complexity index is 484. The Balaban J connectivity index is 2.10. The molecule has 3 rings (SSSR count). The molecular weight excluding hydrogens is 243 g/mol. The van der Waals surface area contributed by atoms with Crippen molar-refractivity contribution in [2.24, 2.45) is 5.92 Å². The first-order chi connectivity index (χ1) is 8.47. The van der Waals surface area contributed by atoms with Crippen LogP contribution in [-0.4, -0.2) is 16.5 Å². The zero-order valence-electron chi connectivity index (χ0n) is 10.0. The largest absolute Gasteiger partial charge is 0.433 e. The highest BCUT2D eigenvalue weighted by Gasteiger charge is 2.42. The third kappa shape index (κ3) is 1.98. The van der Waals surface area contributed by atoms with Crippen molar-refractivity contribution in [3.05, 3.63) is 22.8 Å². The smallest absolute Gasteiger partial charge is 0.312 e. The van der Waals surface area contributed by atoms with Crippen LogP contribution in [0.15, 0.2) is 0 Å². The maximum absolute atomic E-state index is 13.0. The summed E-state index contributed by atoms with van der Waals surface area (Å²) in [7, 11) is 0. The molecule has 18 heavy (non-hydrogen) atoms. The Hall–Kier alpha value is -1.17. The molecule has 1 aromatic rings. The van der Waals surface area contributed by atoms with Crippen LogP contribution < -0.4 is 5.32 Å². The third-order valence-electron chi connectivity index (χ3n) is 3.66. The van der Waals surface area contributed by atoms with Crippen molar-refractivity contribution in [2.45, 2.75) is 38.4 Å². The first kappa shape index (κ1) is 11.9. The Morgan fingerprint density at radius 3 is 2.61 bits per heavy atom. The van der Waals surface area contributed by atoms with Crippen LogP contribution in [0.5, 0.6) is 0 Å². The van der Waals surface area contributed by atoms with Crippen LogP contribution in [0.25, 0.3) is 0 Å². The summed E-state index contributed by atoms with van der Waals surface area (Å²) in [6.07, 6.45) is -2.94. The minimum Gasteiger partial charge on any atom is -0.312 e. The van der Waals surface area contributed by atoms with Gasteiger partial charge in [-0.15, -0.1) is 0 Å². The molecule has 98 valence electrons. The summed E-state index contributed by atoms with van der Waals surface area (Å²) in [4.78, 5) is 8.14. The lowest BCUT2D eigenvalue weighted by atomic mass is 10.0. The van der Waals surface area contributed by atoms with Crippen molar-refractivity contribution in [2.75, 3.05) is 6.54 Å². The third-order valence-corrected chi connectivity index (χ3v) is 3.66. The van der Waals surface area contributed by atoms with Gasteiger partial charge < -0.3 is 5.32 Å². The van der Waals surface area contributed by atoms with Crippen molar-refractivity contribution in [3.8, 4) is 0 Å². The standard InChI is InChI=1S/C12H14F3N3/c1-6-4-7(6)11-17-9-2-3-16-5-8(9)10(18-11)12(13,14)15/h6-7,16H,2-5H2,1H3. The molecule has 1 saturated carbocycles. The molecule has 0 radical (unpaired) electrons. The average Bonchev–Trinajstić information content (AvgIpc) is 3.04. The lowest BCUT2D eigenvalue weighted by Crippen LogP contribution is -2.29. The molecule has 2 unspecified atom stereocenters. The summed E-state index contributed by atoms with van der Waals surface area (Å²) < 4.78 is 39.1. The van der Waals surface area contributed by atoms with E-state index in [2.05, 4.69) is 15.3 Å². The Kier molecular flexibility index (Phi) is 2.59. The highest BCUT2D eigenvalue weighted by molar-refractivity contribution is 5.31.